The summed E-state index contributed by atoms with van der Waals surface area (Å²) < 4.78 is 21.6. The second-order valence-corrected chi connectivity index (χ2v) is 5.88. The summed E-state index contributed by atoms with van der Waals surface area (Å²) in [5.41, 5.74) is 0.408. The maximum Gasteiger partial charge on any atom is 0.338 e. The Kier molecular flexibility index (Phi) is 7.02. The molecule has 1 N–H and O–H groups in total. The molecule has 6 nitrogen and oxygen atoms in total. The van der Waals surface area contributed by atoms with Crippen LogP contribution in [0.5, 0.6) is 5.75 Å². The molecule has 1 aliphatic rings. The summed E-state index contributed by atoms with van der Waals surface area (Å²) in [5.74, 6) is 0.180. The highest BCUT2D eigenvalue weighted by atomic mass is 16.7. The Bertz CT molecular complexity index is 515. The number of benzene rings is 1. The normalized spacial score (nSPS) is 26.8. The lowest BCUT2D eigenvalue weighted by molar-refractivity contribution is -0.243. The number of aliphatic hydroxyl groups excluding tert-OH is 1. The number of ether oxygens (including phenoxy) is 4. The van der Waals surface area contributed by atoms with Gasteiger partial charge in [0.1, 0.15) is 11.9 Å². The summed E-state index contributed by atoms with van der Waals surface area (Å²) in [4.78, 5) is 12.4. The van der Waals surface area contributed by atoms with Crippen molar-refractivity contribution in [3.05, 3.63) is 29.8 Å². The van der Waals surface area contributed by atoms with Crippen molar-refractivity contribution in [1.29, 1.82) is 0 Å². The quantitative estimate of drug-likeness (QED) is 0.770. The summed E-state index contributed by atoms with van der Waals surface area (Å²) in [6.07, 6.45) is 0.536. The zero-order valence-electron chi connectivity index (χ0n) is 14.4. The monoisotopic (exact) mass is 338 g/mol. The average molecular weight is 338 g/mol. The highest BCUT2D eigenvalue weighted by molar-refractivity contribution is 5.89. The first-order valence-corrected chi connectivity index (χ1v) is 8.30. The average Bonchev–Trinajstić information content (AvgIpc) is 2.61. The molecule has 1 heterocycles. The molecule has 2 rings (SSSR count). The van der Waals surface area contributed by atoms with Gasteiger partial charge in [-0.05, 0) is 30.7 Å². The summed E-state index contributed by atoms with van der Waals surface area (Å²) >= 11 is 0. The minimum Gasteiger partial charge on any atom is -0.497 e. The number of hydrogen-bond donors (Lipinski definition) is 1. The second-order valence-electron chi connectivity index (χ2n) is 5.88. The van der Waals surface area contributed by atoms with E-state index >= 15 is 0 Å². The van der Waals surface area contributed by atoms with E-state index in [0.29, 0.717) is 17.7 Å². The van der Waals surface area contributed by atoms with Crippen molar-refractivity contribution in [2.45, 2.75) is 57.2 Å². The maximum atomic E-state index is 12.4. The first-order valence-electron chi connectivity index (χ1n) is 8.30. The minimum absolute atomic E-state index is 0.277. The van der Waals surface area contributed by atoms with Crippen LogP contribution in [0.1, 0.15) is 43.0 Å². The molecular formula is C18H26O6. The van der Waals surface area contributed by atoms with E-state index in [4.69, 9.17) is 18.9 Å². The lowest BCUT2D eigenvalue weighted by atomic mass is 9.97. The Labute approximate surface area is 142 Å². The molecule has 0 spiro atoms. The van der Waals surface area contributed by atoms with Gasteiger partial charge >= 0.3 is 5.97 Å². The van der Waals surface area contributed by atoms with Crippen LogP contribution >= 0.6 is 0 Å². The maximum absolute atomic E-state index is 12.4. The predicted octanol–water partition coefficient (Wildman–Crippen LogP) is 2.53. The molecule has 1 aromatic rings. The number of carbonyl (C=O) groups is 1. The number of aliphatic hydroxyl groups is 1. The molecule has 1 aliphatic heterocycles. The van der Waals surface area contributed by atoms with E-state index in [0.717, 1.165) is 12.8 Å². The number of unbranched alkanes of at least 4 members (excludes halogenated alkanes) is 1. The lowest BCUT2D eigenvalue weighted by Gasteiger charge is -2.38. The summed E-state index contributed by atoms with van der Waals surface area (Å²) in [6, 6.07) is 6.66. The van der Waals surface area contributed by atoms with E-state index in [1.807, 2.05) is 0 Å². The molecule has 0 radical (unpaired) electrons. The highest BCUT2D eigenvalue weighted by Gasteiger charge is 2.40. The third-order valence-electron chi connectivity index (χ3n) is 4.18. The van der Waals surface area contributed by atoms with Crippen LogP contribution in [0.15, 0.2) is 24.3 Å². The van der Waals surface area contributed by atoms with E-state index in [1.165, 1.54) is 7.11 Å². The SMILES string of the molecule is CCCC[C@H]1O[C@H](OC)C[C@H](O)[C@@H]1OC(=O)c1ccc(OC)cc1. The Balaban J connectivity index is 2.06. The highest BCUT2D eigenvalue weighted by Crippen LogP contribution is 2.27. The Hall–Kier alpha value is -1.63. The molecule has 0 aliphatic carbocycles. The van der Waals surface area contributed by atoms with Gasteiger partial charge in [-0.15, -0.1) is 0 Å². The van der Waals surface area contributed by atoms with Gasteiger partial charge in [0.15, 0.2) is 12.4 Å². The number of hydrogen-bond acceptors (Lipinski definition) is 6. The number of rotatable bonds is 7. The molecule has 0 unspecified atom stereocenters. The second kappa shape index (κ2) is 9.01. The van der Waals surface area contributed by atoms with Gasteiger partial charge in [-0.2, -0.15) is 0 Å². The molecule has 1 fully saturated rings. The van der Waals surface area contributed by atoms with Crippen molar-refractivity contribution in [1.82, 2.24) is 0 Å². The van der Waals surface area contributed by atoms with Gasteiger partial charge in [-0.25, -0.2) is 4.79 Å². The number of esters is 1. The molecular weight excluding hydrogens is 312 g/mol. The fourth-order valence-corrected chi connectivity index (χ4v) is 2.77. The van der Waals surface area contributed by atoms with E-state index in [1.54, 1.807) is 31.4 Å². The van der Waals surface area contributed by atoms with E-state index in [9.17, 15) is 9.90 Å². The van der Waals surface area contributed by atoms with Crippen LogP contribution in [0.4, 0.5) is 0 Å². The predicted molar refractivity (Wildman–Crippen MR) is 88.0 cm³/mol. The molecule has 0 aromatic heterocycles. The number of methoxy groups -OCH3 is 2. The van der Waals surface area contributed by atoms with Gasteiger partial charge in [-0.3, -0.25) is 0 Å². The van der Waals surface area contributed by atoms with Crippen LogP contribution in [-0.2, 0) is 14.2 Å². The molecule has 1 aromatic carbocycles. The lowest BCUT2D eigenvalue weighted by Crippen LogP contribution is -2.50. The molecule has 24 heavy (non-hydrogen) atoms. The summed E-state index contributed by atoms with van der Waals surface area (Å²) in [7, 11) is 3.10. The molecule has 134 valence electrons. The Morgan fingerprint density at radius 2 is 2.00 bits per heavy atom. The van der Waals surface area contributed by atoms with Crippen LogP contribution in [0.25, 0.3) is 0 Å². The van der Waals surface area contributed by atoms with Gasteiger partial charge in [0.2, 0.25) is 0 Å². The van der Waals surface area contributed by atoms with Gasteiger partial charge in [0, 0.05) is 13.5 Å². The molecule has 0 saturated carbocycles. The number of carbonyl (C=O) groups excluding carboxylic acids is 1. The van der Waals surface area contributed by atoms with Gasteiger partial charge in [0.05, 0.1) is 18.8 Å². The zero-order valence-corrected chi connectivity index (χ0v) is 14.4. The molecule has 0 bridgehead atoms. The molecule has 1 saturated heterocycles. The Morgan fingerprint density at radius 3 is 2.58 bits per heavy atom. The van der Waals surface area contributed by atoms with Gasteiger partial charge < -0.3 is 24.1 Å². The third-order valence-corrected chi connectivity index (χ3v) is 4.18. The standard InChI is InChI=1S/C18H26O6/c1-4-5-6-15-17(14(19)11-16(22-3)23-15)24-18(20)12-7-9-13(21-2)10-8-12/h7-10,14-17,19H,4-6,11H2,1-3H3/t14-,15+,16-,17-/m0/s1. The molecule has 4 atom stereocenters. The minimum atomic E-state index is -0.812. The van der Waals surface area contributed by atoms with Crippen molar-refractivity contribution < 1.29 is 28.8 Å². The topological polar surface area (TPSA) is 74.2 Å². The molecule has 6 heteroatoms. The van der Waals surface area contributed by atoms with E-state index in [-0.39, 0.29) is 12.5 Å². The van der Waals surface area contributed by atoms with Crippen molar-refractivity contribution in [2.24, 2.45) is 0 Å². The van der Waals surface area contributed by atoms with Gasteiger partial charge in [-0.1, -0.05) is 19.8 Å². The van der Waals surface area contributed by atoms with Crippen molar-refractivity contribution in [2.75, 3.05) is 14.2 Å². The fraction of sp³-hybridized carbons (Fsp3) is 0.611. The third kappa shape index (κ3) is 4.69. The van der Waals surface area contributed by atoms with E-state index in [2.05, 4.69) is 6.92 Å². The van der Waals surface area contributed by atoms with Crippen LogP contribution < -0.4 is 4.74 Å². The van der Waals surface area contributed by atoms with Crippen LogP contribution in [0.3, 0.4) is 0 Å². The summed E-state index contributed by atoms with van der Waals surface area (Å²) in [5, 5.41) is 10.4. The van der Waals surface area contributed by atoms with Crippen molar-refractivity contribution >= 4 is 5.97 Å². The largest absolute Gasteiger partial charge is 0.497 e. The smallest absolute Gasteiger partial charge is 0.338 e. The van der Waals surface area contributed by atoms with E-state index < -0.39 is 24.5 Å². The van der Waals surface area contributed by atoms with Crippen LogP contribution in [0.2, 0.25) is 0 Å². The first-order chi connectivity index (χ1) is 11.6. The van der Waals surface area contributed by atoms with Crippen molar-refractivity contribution in [3.63, 3.8) is 0 Å². The van der Waals surface area contributed by atoms with Crippen molar-refractivity contribution in [3.8, 4) is 5.75 Å². The Morgan fingerprint density at radius 1 is 1.29 bits per heavy atom. The zero-order chi connectivity index (χ0) is 17.5. The first kappa shape index (κ1) is 18.7. The fourth-order valence-electron chi connectivity index (χ4n) is 2.77. The van der Waals surface area contributed by atoms with Crippen LogP contribution in [0, 0.1) is 0 Å². The molecule has 0 amide bonds. The van der Waals surface area contributed by atoms with Gasteiger partial charge in [0.25, 0.3) is 0 Å². The summed E-state index contributed by atoms with van der Waals surface area (Å²) in [6.45, 7) is 2.07. The van der Waals surface area contributed by atoms with Crippen LogP contribution in [-0.4, -0.2) is 49.9 Å².